The van der Waals surface area contributed by atoms with Crippen molar-refractivity contribution >= 4 is 23.1 Å². The van der Waals surface area contributed by atoms with E-state index in [4.69, 9.17) is 23.5 Å². The summed E-state index contributed by atoms with van der Waals surface area (Å²) in [6.07, 6.45) is 1.35. The summed E-state index contributed by atoms with van der Waals surface area (Å²) in [5, 5.41) is 10.4. The van der Waals surface area contributed by atoms with Gasteiger partial charge in [-0.05, 0) is 5.56 Å². The molecule has 0 bridgehead atoms. The van der Waals surface area contributed by atoms with Crippen molar-refractivity contribution in [3.63, 3.8) is 0 Å². The standard InChI is InChI=1S/C23H27N7O2/c1-13(2)22-28-19(20-21(24)25-12-26-30(20)22)15-8-6-14(7-9-15)10-17(31)27-18-11-16(29-32-18)23(3,4)5/h6-9,11-13H,10H2,1-5H3,(H,27,31)(H2,24,25,26)/i3D3,4D3. The first kappa shape index (κ1) is 15.1. The maximum Gasteiger partial charge on any atom is 0.231 e. The highest BCUT2D eigenvalue weighted by Gasteiger charge is 2.21. The minimum atomic E-state index is -2.88. The SMILES string of the molecule is [2H]C([2H])([2H])C(C)(c1cc(NC(=O)Cc2ccc(-c3nc(C(C)C)n4ncnc(N)c34)cc2)on1)C([2H])([2H])[2H]. The van der Waals surface area contributed by atoms with Gasteiger partial charge in [-0.15, -0.1) is 0 Å². The van der Waals surface area contributed by atoms with Crippen LogP contribution in [0.25, 0.3) is 16.8 Å². The van der Waals surface area contributed by atoms with E-state index < -0.39 is 25.0 Å². The van der Waals surface area contributed by atoms with E-state index in [1.54, 1.807) is 16.6 Å². The van der Waals surface area contributed by atoms with Crippen LogP contribution in [-0.4, -0.2) is 30.6 Å². The lowest BCUT2D eigenvalue weighted by atomic mass is 9.92. The molecule has 9 nitrogen and oxygen atoms in total. The van der Waals surface area contributed by atoms with Crippen LogP contribution in [0.15, 0.2) is 41.2 Å². The number of anilines is 2. The first-order valence-corrected chi connectivity index (χ1v) is 9.99. The van der Waals surface area contributed by atoms with Crippen LogP contribution in [0, 0.1) is 0 Å². The van der Waals surface area contributed by atoms with Crippen LogP contribution in [0.4, 0.5) is 11.7 Å². The van der Waals surface area contributed by atoms with Crippen molar-refractivity contribution in [1.29, 1.82) is 0 Å². The van der Waals surface area contributed by atoms with E-state index in [9.17, 15) is 4.79 Å². The summed E-state index contributed by atoms with van der Waals surface area (Å²) in [6.45, 7) is -0.687. The zero-order valence-corrected chi connectivity index (χ0v) is 17.9. The summed E-state index contributed by atoms with van der Waals surface area (Å²) in [5.74, 6) is 0.534. The van der Waals surface area contributed by atoms with Gasteiger partial charge in [0.25, 0.3) is 0 Å². The molecule has 0 unspecified atom stereocenters. The lowest BCUT2D eigenvalue weighted by molar-refractivity contribution is -0.115. The molecular weight excluding hydrogens is 406 g/mol. The van der Waals surface area contributed by atoms with Crippen molar-refractivity contribution in [1.82, 2.24) is 24.7 Å². The second kappa shape index (κ2) is 8.07. The van der Waals surface area contributed by atoms with Gasteiger partial charge in [0.05, 0.1) is 12.1 Å². The molecule has 3 N–H and O–H groups in total. The molecule has 9 heteroatoms. The summed E-state index contributed by atoms with van der Waals surface area (Å²) < 4.78 is 53.0. The first-order valence-electron chi connectivity index (χ1n) is 13.0. The zero-order valence-electron chi connectivity index (χ0n) is 23.9. The molecule has 4 aromatic rings. The molecule has 0 aliphatic heterocycles. The second-order valence-electron chi connectivity index (χ2n) is 8.00. The highest BCUT2D eigenvalue weighted by Crippen LogP contribution is 2.30. The summed E-state index contributed by atoms with van der Waals surface area (Å²) in [4.78, 5) is 21.4. The molecule has 0 fully saturated rings. The Morgan fingerprint density at radius 1 is 1.31 bits per heavy atom. The van der Waals surface area contributed by atoms with Crippen molar-refractivity contribution in [3.8, 4) is 11.3 Å². The van der Waals surface area contributed by atoms with Gasteiger partial charge in [0.2, 0.25) is 11.8 Å². The fraction of sp³-hybridized carbons (Fsp3) is 0.348. The summed E-state index contributed by atoms with van der Waals surface area (Å²) in [6, 6.07) is 8.28. The highest BCUT2D eigenvalue weighted by atomic mass is 16.5. The topological polar surface area (TPSA) is 124 Å². The van der Waals surface area contributed by atoms with E-state index >= 15 is 0 Å². The summed E-state index contributed by atoms with van der Waals surface area (Å²) in [5.41, 5.74) is 6.22. The summed E-state index contributed by atoms with van der Waals surface area (Å²) >= 11 is 0. The van der Waals surface area contributed by atoms with E-state index in [0.29, 0.717) is 22.6 Å². The van der Waals surface area contributed by atoms with Crippen molar-refractivity contribution in [2.24, 2.45) is 0 Å². The van der Waals surface area contributed by atoms with E-state index in [2.05, 4.69) is 20.6 Å². The maximum atomic E-state index is 12.6. The number of benzene rings is 1. The van der Waals surface area contributed by atoms with Crippen LogP contribution in [0.1, 0.15) is 65.7 Å². The van der Waals surface area contributed by atoms with Crippen LogP contribution in [0.5, 0.6) is 0 Å². The highest BCUT2D eigenvalue weighted by molar-refractivity contribution is 5.91. The molecule has 0 saturated heterocycles. The molecule has 0 atom stereocenters. The Morgan fingerprint density at radius 3 is 2.75 bits per heavy atom. The number of carbonyl (C=O) groups is 1. The average molecular weight is 440 g/mol. The third-order valence-corrected chi connectivity index (χ3v) is 4.88. The molecule has 1 aromatic carbocycles. The number of hydrogen-bond acceptors (Lipinski definition) is 7. The second-order valence-corrected chi connectivity index (χ2v) is 8.00. The van der Waals surface area contributed by atoms with Gasteiger partial charge in [0.15, 0.2) is 5.82 Å². The lowest BCUT2D eigenvalue weighted by Gasteiger charge is -2.12. The quantitative estimate of drug-likeness (QED) is 0.482. The smallest absolute Gasteiger partial charge is 0.231 e. The van der Waals surface area contributed by atoms with Gasteiger partial charge in [-0.2, -0.15) is 5.10 Å². The molecule has 0 spiro atoms. The Kier molecular flexibility index (Phi) is 3.81. The van der Waals surface area contributed by atoms with Gasteiger partial charge >= 0.3 is 0 Å². The number of nitrogens with two attached hydrogens (primary N) is 1. The third-order valence-electron chi connectivity index (χ3n) is 4.88. The monoisotopic (exact) mass is 439 g/mol. The number of fused-ring (bicyclic) bond motifs is 1. The molecular formula is C23H27N7O2. The van der Waals surface area contributed by atoms with Gasteiger partial charge in [-0.1, -0.05) is 63.9 Å². The van der Waals surface area contributed by atoms with E-state index in [-0.39, 0.29) is 23.9 Å². The minimum Gasteiger partial charge on any atom is -0.382 e. The van der Waals surface area contributed by atoms with Gasteiger partial charge in [-0.25, -0.2) is 14.5 Å². The first-order chi connectivity index (χ1) is 17.6. The van der Waals surface area contributed by atoms with Crippen molar-refractivity contribution in [3.05, 3.63) is 53.7 Å². The number of amides is 1. The predicted octanol–water partition coefficient (Wildman–Crippen LogP) is 3.96. The van der Waals surface area contributed by atoms with Crippen LogP contribution in [0.3, 0.4) is 0 Å². The molecule has 4 rings (SSSR count). The summed E-state index contributed by atoms with van der Waals surface area (Å²) in [7, 11) is 0. The molecule has 166 valence electrons. The van der Waals surface area contributed by atoms with Crippen molar-refractivity contribution < 1.29 is 17.5 Å². The van der Waals surface area contributed by atoms with Gasteiger partial charge in [-0.3, -0.25) is 10.1 Å². The molecule has 0 aliphatic rings. The largest absolute Gasteiger partial charge is 0.382 e. The van der Waals surface area contributed by atoms with E-state index in [0.717, 1.165) is 24.4 Å². The fourth-order valence-electron chi connectivity index (χ4n) is 3.27. The van der Waals surface area contributed by atoms with Gasteiger partial charge < -0.3 is 10.3 Å². The number of nitrogen functional groups attached to an aromatic ring is 1. The van der Waals surface area contributed by atoms with Crippen LogP contribution in [-0.2, 0) is 16.6 Å². The zero-order chi connectivity index (χ0) is 28.0. The lowest BCUT2D eigenvalue weighted by Crippen LogP contribution is -2.14. The Hall–Kier alpha value is -3.75. The number of imidazole rings is 1. The fourth-order valence-corrected chi connectivity index (χ4v) is 3.27. The third kappa shape index (κ3) is 4.18. The molecule has 3 heterocycles. The predicted molar refractivity (Wildman–Crippen MR) is 122 cm³/mol. The normalized spacial score (nSPS) is 15.5. The van der Waals surface area contributed by atoms with Crippen LogP contribution in [0.2, 0.25) is 0 Å². The Morgan fingerprint density at radius 2 is 2.06 bits per heavy atom. The maximum absolute atomic E-state index is 12.6. The number of aromatic nitrogens is 5. The molecule has 0 aliphatic carbocycles. The molecule has 3 aromatic heterocycles. The Labute approximate surface area is 194 Å². The van der Waals surface area contributed by atoms with Crippen LogP contribution < -0.4 is 11.1 Å². The Balaban J connectivity index is 1.52. The number of nitrogens with one attached hydrogen (secondary N) is 1. The average Bonchev–Trinajstić information content (AvgIpc) is 3.43. The van der Waals surface area contributed by atoms with Crippen LogP contribution >= 0.6 is 0 Å². The molecule has 1 amide bonds. The van der Waals surface area contributed by atoms with Crippen molar-refractivity contribution in [2.45, 2.75) is 52.2 Å². The minimum absolute atomic E-state index is 0.0292. The molecule has 0 radical (unpaired) electrons. The number of hydrogen-bond donors (Lipinski definition) is 2. The number of carbonyl (C=O) groups excluding carboxylic acids is 1. The van der Waals surface area contributed by atoms with Gasteiger partial charge in [0.1, 0.15) is 23.4 Å². The van der Waals surface area contributed by atoms with Gasteiger partial charge in [0, 0.05) is 31.2 Å². The molecule has 32 heavy (non-hydrogen) atoms. The Bertz CT molecular complexity index is 1460. The number of rotatable bonds is 5. The van der Waals surface area contributed by atoms with Crippen molar-refractivity contribution in [2.75, 3.05) is 11.1 Å². The van der Waals surface area contributed by atoms with E-state index in [1.165, 1.54) is 6.33 Å². The van der Waals surface area contributed by atoms with E-state index in [1.807, 2.05) is 26.0 Å². The number of nitrogens with zero attached hydrogens (tertiary/aromatic N) is 5. The molecule has 0 saturated carbocycles.